The average Bonchev–Trinajstić information content (AvgIpc) is 2.77. The molecule has 1 heterocycles. The molecule has 1 aromatic heterocycles. The summed E-state index contributed by atoms with van der Waals surface area (Å²) in [6.07, 6.45) is 0. The maximum absolute atomic E-state index is 4.57. The molecule has 33 heavy (non-hydrogen) atoms. The predicted octanol–water partition coefficient (Wildman–Crippen LogP) is 3.40. The van der Waals surface area contributed by atoms with E-state index in [1.807, 2.05) is 0 Å². The van der Waals surface area contributed by atoms with Crippen LogP contribution in [0.2, 0.25) is 0 Å². The van der Waals surface area contributed by atoms with Crippen LogP contribution in [0, 0.1) is 0 Å². The Bertz CT molecular complexity index is 469. The summed E-state index contributed by atoms with van der Waals surface area (Å²) in [5.41, 5.74) is 0. The molecule has 0 spiro atoms. The molecule has 0 aliphatic carbocycles. The summed E-state index contributed by atoms with van der Waals surface area (Å²) < 4.78 is 0. The Morgan fingerprint density at radius 3 is 0.848 bits per heavy atom. The number of nitrogens with one attached hydrogen (secondary N) is 3. The quantitative estimate of drug-likeness (QED) is 0.263. The largest absolute Gasteiger partial charge is 0.353 e. The van der Waals surface area contributed by atoms with E-state index in [1.165, 1.54) is 0 Å². The van der Waals surface area contributed by atoms with E-state index < -0.39 is 0 Å². The molecular weight excluding hydrogens is 485 g/mol. The van der Waals surface area contributed by atoms with Gasteiger partial charge in [0.15, 0.2) is 0 Å². The van der Waals surface area contributed by atoms with Crippen LogP contribution in [-0.4, -0.2) is 108 Å². The third kappa shape index (κ3) is 15.6. The minimum Gasteiger partial charge on any atom is -0.353 e. The lowest BCUT2D eigenvalue weighted by molar-refractivity contribution is 0.315. The van der Waals surface area contributed by atoms with Crippen LogP contribution in [0.25, 0.3) is 0 Å². The SMILES string of the molecule is CCN(CC)CCNc1nc(NCCN(CC)CC)nc(NCCN(CC)CC)n1.Cl.Cl.Cl. The Hall–Kier alpha value is -0.840. The minimum atomic E-state index is 0. The normalized spacial score (nSPS) is 10.5. The number of anilines is 3. The highest BCUT2D eigenvalue weighted by Gasteiger charge is 2.08. The summed E-state index contributed by atoms with van der Waals surface area (Å²) in [7, 11) is 0. The average molecular weight is 533 g/mol. The monoisotopic (exact) mass is 531 g/mol. The van der Waals surface area contributed by atoms with Gasteiger partial charge in [-0.25, -0.2) is 0 Å². The van der Waals surface area contributed by atoms with Gasteiger partial charge in [0.1, 0.15) is 0 Å². The first-order chi connectivity index (χ1) is 14.6. The van der Waals surface area contributed by atoms with Crippen LogP contribution in [0.15, 0.2) is 0 Å². The first-order valence-electron chi connectivity index (χ1n) is 11.7. The molecule has 0 radical (unpaired) electrons. The molecule has 0 atom stereocenters. The summed E-state index contributed by atoms with van der Waals surface area (Å²) in [5.74, 6) is 1.86. The zero-order valence-electron chi connectivity index (χ0n) is 21.4. The second-order valence-electron chi connectivity index (χ2n) is 7.17. The van der Waals surface area contributed by atoms with E-state index in [2.05, 4.69) is 87.1 Å². The molecule has 0 saturated carbocycles. The molecule has 0 aromatic carbocycles. The van der Waals surface area contributed by atoms with Gasteiger partial charge in [0.05, 0.1) is 0 Å². The van der Waals surface area contributed by atoms with E-state index in [1.54, 1.807) is 0 Å². The van der Waals surface area contributed by atoms with Crippen molar-refractivity contribution < 1.29 is 0 Å². The van der Waals surface area contributed by atoms with Gasteiger partial charge in [-0.3, -0.25) is 0 Å². The number of likely N-dealkylation sites (N-methyl/N-ethyl adjacent to an activating group) is 3. The fraction of sp³-hybridized carbons (Fsp3) is 0.857. The van der Waals surface area contributed by atoms with Crippen molar-refractivity contribution in [1.29, 1.82) is 0 Å². The lowest BCUT2D eigenvalue weighted by Gasteiger charge is -2.20. The highest BCUT2D eigenvalue weighted by molar-refractivity contribution is 5.86. The van der Waals surface area contributed by atoms with Crippen molar-refractivity contribution in [3.8, 4) is 0 Å². The van der Waals surface area contributed by atoms with Gasteiger partial charge >= 0.3 is 0 Å². The van der Waals surface area contributed by atoms with Crippen molar-refractivity contribution in [2.45, 2.75) is 41.5 Å². The van der Waals surface area contributed by atoms with Crippen LogP contribution in [0.4, 0.5) is 17.8 Å². The van der Waals surface area contributed by atoms with Gasteiger partial charge in [0.25, 0.3) is 0 Å². The van der Waals surface area contributed by atoms with E-state index in [-0.39, 0.29) is 37.2 Å². The molecule has 9 nitrogen and oxygen atoms in total. The number of rotatable bonds is 18. The third-order valence-electron chi connectivity index (χ3n) is 5.45. The van der Waals surface area contributed by atoms with Crippen molar-refractivity contribution in [1.82, 2.24) is 29.7 Å². The summed E-state index contributed by atoms with van der Waals surface area (Å²) in [4.78, 5) is 20.8. The topological polar surface area (TPSA) is 84.5 Å². The maximum Gasteiger partial charge on any atom is 0.229 e. The highest BCUT2D eigenvalue weighted by Crippen LogP contribution is 2.09. The number of aromatic nitrogens is 3. The standard InChI is InChI=1S/C21H45N9.3ClH/c1-7-28(8-2)16-13-22-19-25-20(23-14-17-29(9-3)10-4)27-21(26-19)24-15-18-30(11-5)12-6;;;/h7-18H2,1-6H3,(H3,22,23,24,25,26,27);3*1H. The summed E-state index contributed by atoms with van der Waals surface area (Å²) in [5, 5.41) is 10.1. The molecule has 1 aromatic rings. The van der Waals surface area contributed by atoms with E-state index in [0.29, 0.717) is 17.8 Å². The fourth-order valence-corrected chi connectivity index (χ4v) is 3.21. The minimum absolute atomic E-state index is 0. The van der Waals surface area contributed by atoms with Crippen LogP contribution in [0.1, 0.15) is 41.5 Å². The molecule has 12 heteroatoms. The molecule has 0 amide bonds. The smallest absolute Gasteiger partial charge is 0.229 e. The van der Waals surface area contributed by atoms with Gasteiger partial charge in [-0.05, 0) is 39.3 Å². The van der Waals surface area contributed by atoms with Crippen LogP contribution < -0.4 is 16.0 Å². The molecule has 198 valence electrons. The summed E-state index contributed by atoms with van der Waals surface area (Å²) in [6.45, 7) is 24.7. The molecule has 0 aliphatic rings. The number of hydrogen-bond acceptors (Lipinski definition) is 9. The number of nitrogens with zero attached hydrogens (tertiary/aromatic N) is 6. The lowest BCUT2D eigenvalue weighted by atomic mass is 10.4. The van der Waals surface area contributed by atoms with Crippen LogP contribution >= 0.6 is 37.2 Å². The Labute approximate surface area is 220 Å². The van der Waals surface area contributed by atoms with Crippen LogP contribution in [0.3, 0.4) is 0 Å². The zero-order chi connectivity index (χ0) is 22.2. The Morgan fingerprint density at radius 2 is 0.667 bits per heavy atom. The Kier molecular flexibility index (Phi) is 25.5. The second kappa shape index (κ2) is 22.9. The van der Waals surface area contributed by atoms with Gasteiger partial charge in [-0.1, -0.05) is 41.5 Å². The molecule has 3 N–H and O–H groups in total. The second-order valence-corrected chi connectivity index (χ2v) is 7.17. The van der Waals surface area contributed by atoms with Gasteiger partial charge < -0.3 is 30.7 Å². The maximum atomic E-state index is 4.57. The molecule has 1 rings (SSSR count). The van der Waals surface area contributed by atoms with E-state index in [9.17, 15) is 0 Å². The van der Waals surface area contributed by atoms with Crippen molar-refractivity contribution in [2.24, 2.45) is 0 Å². The van der Waals surface area contributed by atoms with Gasteiger partial charge in [0, 0.05) is 39.3 Å². The molecule has 0 saturated heterocycles. The summed E-state index contributed by atoms with van der Waals surface area (Å²) >= 11 is 0. The molecule has 0 fully saturated rings. The van der Waals surface area contributed by atoms with Crippen LogP contribution in [-0.2, 0) is 0 Å². The predicted molar refractivity (Wildman–Crippen MR) is 150 cm³/mol. The molecular formula is C21H48Cl3N9. The van der Waals surface area contributed by atoms with Crippen molar-refractivity contribution in [3.63, 3.8) is 0 Å². The van der Waals surface area contributed by atoms with E-state index in [0.717, 1.165) is 78.5 Å². The zero-order valence-corrected chi connectivity index (χ0v) is 23.8. The van der Waals surface area contributed by atoms with Crippen molar-refractivity contribution >= 4 is 55.1 Å². The van der Waals surface area contributed by atoms with Crippen molar-refractivity contribution in [2.75, 3.05) is 94.5 Å². The number of hydrogen-bond donors (Lipinski definition) is 3. The highest BCUT2D eigenvalue weighted by atomic mass is 35.5. The van der Waals surface area contributed by atoms with E-state index >= 15 is 0 Å². The van der Waals surface area contributed by atoms with Crippen LogP contribution in [0.5, 0.6) is 0 Å². The fourth-order valence-electron chi connectivity index (χ4n) is 3.21. The third-order valence-corrected chi connectivity index (χ3v) is 5.45. The van der Waals surface area contributed by atoms with Gasteiger partial charge in [-0.2, -0.15) is 15.0 Å². The van der Waals surface area contributed by atoms with Gasteiger partial charge in [0.2, 0.25) is 17.8 Å². The number of halogens is 3. The molecule has 0 unspecified atom stereocenters. The first-order valence-corrected chi connectivity index (χ1v) is 11.7. The lowest BCUT2D eigenvalue weighted by Crippen LogP contribution is -2.30. The Balaban J connectivity index is -0.00000300. The first kappa shape index (κ1) is 36.7. The van der Waals surface area contributed by atoms with E-state index in [4.69, 9.17) is 0 Å². The van der Waals surface area contributed by atoms with Crippen molar-refractivity contribution in [3.05, 3.63) is 0 Å². The summed E-state index contributed by atoms with van der Waals surface area (Å²) in [6, 6.07) is 0. The molecule has 0 bridgehead atoms. The Morgan fingerprint density at radius 1 is 0.455 bits per heavy atom. The van der Waals surface area contributed by atoms with Gasteiger partial charge in [-0.15, -0.1) is 37.2 Å². The molecule has 0 aliphatic heterocycles.